The molecule has 4 nitrogen and oxygen atoms in total. The molecule has 2 aliphatic carbocycles. The van der Waals surface area contributed by atoms with Crippen molar-refractivity contribution in [1.82, 2.24) is 0 Å². The summed E-state index contributed by atoms with van der Waals surface area (Å²) < 4.78 is 0. The highest BCUT2D eigenvalue weighted by Gasteiger charge is 2.42. The first-order chi connectivity index (χ1) is 9.54. The standard InChI is InChI=1S/C15H19ClN2O2/c1-9(13-7-10-2-3-11(13)6-10)17-14-8-12(16)4-5-15(14)18(19)20/h4-5,8-11,13,17H,2-3,6-7H2,1H3. The lowest BCUT2D eigenvalue weighted by atomic mass is 9.84. The Bertz CT molecular complexity index is 535. The van der Waals surface area contributed by atoms with E-state index in [1.807, 2.05) is 0 Å². The van der Waals surface area contributed by atoms with Crippen molar-refractivity contribution >= 4 is 23.0 Å². The normalized spacial score (nSPS) is 29.4. The van der Waals surface area contributed by atoms with Gasteiger partial charge in [0, 0.05) is 17.1 Å². The van der Waals surface area contributed by atoms with E-state index in [-0.39, 0.29) is 16.7 Å². The van der Waals surface area contributed by atoms with Crippen LogP contribution in [0.4, 0.5) is 11.4 Å². The quantitative estimate of drug-likeness (QED) is 0.658. The fourth-order valence-corrected chi connectivity index (χ4v) is 4.21. The lowest BCUT2D eigenvalue weighted by Gasteiger charge is -2.29. The number of benzene rings is 1. The number of anilines is 1. The van der Waals surface area contributed by atoms with Crippen LogP contribution in [0.5, 0.6) is 0 Å². The van der Waals surface area contributed by atoms with E-state index >= 15 is 0 Å². The number of rotatable bonds is 4. The smallest absolute Gasteiger partial charge is 0.292 e. The number of hydrogen-bond acceptors (Lipinski definition) is 3. The molecule has 3 rings (SSSR count). The van der Waals surface area contributed by atoms with Gasteiger partial charge in [0.05, 0.1) is 4.92 Å². The molecule has 0 radical (unpaired) electrons. The number of nitrogens with zero attached hydrogens (tertiary/aromatic N) is 1. The van der Waals surface area contributed by atoms with Gasteiger partial charge in [-0.3, -0.25) is 10.1 Å². The molecule has 0 aromatic heterocycles. The molecule has 5 heteroatoms. The summed E-state index contributed by atoms with van der Waals surface area (Å²) in [7, 11) is 0. The van der Waals surface area contributed by atoms with Gasteiger partial charge in [0.1, 0.15) is 5.69 Å². The van der Waals surface area contributed by atoms with E-state index in [1.165, 1.54) is 31.7 Å². The Morgan fingerprint density at radius 1 is 1.40 bits per heavy atom. The van der Waals surface area contributed by atoms with Crippen LogP contribution in [0, 0.1) is 27.9 Å². The Hall–Kier alpha value is -1.29. The average molecular weight is 295 g/mol. The fourth-order valence-electron chi connectivity index (χ4n) is 4.04. The van der Waals surface area contributed by atoms with Gasteiger partial charge >= 0.3 is 0 Å². The van der Waals surface area contributed by atoms with Crippen molar-refractivity contribution in [2.45, 2.75) is 38.6 Å². The Morgan fingerprint density at radius 2 is 2.20 bits per heavy atom. The van der Waals surface area contributed by atoms with Gasteiger partial charge in [0.15, 0.2) is 0 Å². The Labute approximate surface area is 123 Å². The van der Waals surface area contributed by atoms with Crippen LogP contribution in [0.1, 0.15) is 32.6 Å². The third-order valence-corrected chi connectivity index (χ3v) is 5.21. The molecule has 0 spiro atoms. The molecule has 2 fully saturated rings. The predicted octanol–water partition coefficient (Wildman–Crippen LogP) is 4.48. The third kappa shape index (κ3) is 2.49. The SMILES string of the molecule is CC(Nc1cc(Cl)ccc1[N+](=O)[O-])C1CC2CCC1C2. The zero-order chi connectivity index (χ0) is 14.3. The van der Waals surface area contributed by atoms with Crippen LogP contribution in [-0.2, 0) is 0 Å². The first-order valence-corrected chi connectivity index (χ1v) is 7.63. The molecule has 0 heterocycles. The minimum absolute atomic E-state index is 0.101. The summed E-state index contributed by atoms with van der Waals surface area (Å²) >= 11 is 5.97. The molecular formula is C15H19ClN2O2. The van der Waals surface area contributed by atoms with Crippen molar-refractivity contribution in [3.8, 4) is 0 Å². The number of hydrogen-bond donors (Lipinski definition) is 1. The molecule has 20 heavy (non-hydrogen) atoms. The van der Waals surface area contributed by atoms with Crippen LogP contribution in [0.15, 0.2) is 18.2 Å². The number of fused-ring (bicyclic) bond motifs is 2. The van der Waals surface area contributed by atoms with Crippen molar-refractivity contribution in [1.29, 1.82) is 0 Å². The van der Waals surface area contributed by atoms with Crippen LogP contribution >= 0.6 is 11.6 Å². The highest BCUT2D eigenvalue weighted by molar-refractivity contribution is 6.31. The molecule has 2 saturated carbocycles. The van der Waals surface area contributed by atoms with Crippen molar-refractivity contribution in [2.24, 2.45) is 17.8 Å². The number of nitro groups is 1. The largest absolute Gasteiger partial charge is 0.377 e. The van der Waals surface area contributed by atoms with Crippen molar-refractivity contribution < 1.29 is 4.92 Å². The van der Waals surface area contributed by atoms with Crippen LogP contribution in [-0.4, -0.2) is 11.0 Å². The average Bonchev–Trinajstić information content (AvgIpc) is 3.00. The van der Waals surface area contributed by atoms with Crippen LogP contribution < -0.4 is 5.32 Å². The molecule has 4 atom stereocenters. The van der Waals surface area contributed by atoms with E-state index in [1.54, 1.807) is 12.1 Å². The molecule has 0 saturated heterocycles. The number of halogens is 1. The second-order valence-corrected chi connectivity index (χ2v) is 6.63. The summed E-state index contributed by atoms with van der Waals surface area (Å²) in [6.45, 7) is 2.13. The van der Waals surface area contributed by atoms with Crippen LogP contribution in [0.2, 0.25) is 5.02 Å². The molecule has 4 unspecified atom stereocenters. The first-order valence-electron chi connectivity index (χ1n) is 7.25. The lowest BCUT2D eigenvalue weighted by Crippen LogP contribution is -2.30. The van der Waals surface area contributed by atoms with Gasteiger partial charge in [-0.15, -0.1) is 0 Å². The molecule has 0 amide bonds. The number of nitro benzene ring substituents is 1. The summed E-state index contributed by atoms with van der Waals surface area (Å²) in [5, 5.41) is 14.9. The highest BCUT2D eigenvalue weighted by Crippen LogP contribution is 2.50. The molecule has 1 aromatic carbocycles. The van der Waals surface area contributed by atoms with Crippen LogP contribution in [0.3, 0.4) is 0 Å². The fraction of sp³-hybridized carbons (Fsp3) is 0.600. The van der Waals surface area contributed by atoms with E-state index in [9.17, 15) is 10.1 Å². The van der Waals surface area contributed by atoms with Gasteiger partial charge in [-0.25, -0.2) is 0 Å². The molecule has 1 aromatic rings. The summed E-state index contributed by atoms with van der Waals surface area (Å²) in [5.74, 6) is 2.30. The molecule has 1 N–H and O–H groups in total. The Balaban J connectivity index is 1.77. The monoisotopic (exact) mass is 294 g/mol. The van der Waals surface area contributed by atoms with E-state index in [2.05, 4.69) is 12.2 Å². The molecule has 2 aliphatic rings. The summed E-state index contributed by atoms with van der Waals surface area (Å²) in [5.41, 5.74) is 0.641. The van der Waals surface area contributed by atoms with Crippen molar-refractivity contribution in [3.63, 3.8) is 0 Å². The maximum atomic E-state index is 11.1. The van der Waals surface area contributed by atoms with Gasteiger partial charge in [-0.2, -0.15) is 0 Å². The molecular weight excluding hydrogens is 276 g/mol. The second kappa shape index (κ2) is 5.24. The topological polar surface area (TPSA) is 55.2 Å². The zero-order valence-electron chi connectivity index (χ0n) is 11.5. The van der Waals surface area contributed by atoms with Crippen LogP contribution in [0.25, 0.3) is 0 Å². The van der Waals surface area contributed by atoms with Gasteiger partial charge < -0.3 is 5.32 Å². The van der Waals surface area contributed by atoms with Crippen molar-refractivity contribution in [3.05, 3.63) is 33.3 Å². The summed E-state index contributed by atoms with van der Waals surface area (Å²) in [4.78, 5) is 10.7. The van der Waals surface area contributed by atoms with Gasteiger partial charge in [0.25, 0.3) is 5.69 Å². The van der Waals surface area contributed by atoms with Crippen molar-refractivity contribution in [2.75, 3.05) is 5.32 Å². The van der Waals surface area contributed by atoms with E-state index < -0.39 is 0 Å². The summed E-state index contributed by atoms with van der Waals surface area (Å²) in [6, 6.07) is 4.94. The number of nitrogens with one attached hydrogen (secondary N) is 1. The van der Waals surface area contributed by atoms with E-state index in [0.29, 0.717) is 16.6 Å². The lowest BCUT2D eigenvalue weighted by molar-refractivity contribution is -0.384. The Morgan fingerprint density at radius 3 is 2.80 bits per heavy atom. The highest BCUT2D eigenvalue weighted by atomic mass is 35.5. The van der Waals surface area contributed by atoms with E-state index in [4.69, 9.17) is 11.6 Å². The second-order valence-electron chi connectivity index (χ2n) is 6.19. The molecule has 0 aliphatic heterocycles. The zero-order valence-corrected chi connectivity index (χ0v) is 12.3. The molecule has 108 valence electrons. The minimum Gasteiger partial charge on any atom is -0.377 e. The first kappa shape index (κ1) is 13.7. The van der Waals surface area contributed by atoms with Gasteiger partial charge in [0.2, 0.25) is 0 Å². The predicted molar refractivity (Wildman–Crippen MR) is 80.1 cm³/mol. The molecule has 2 bridgehead atoms. The third-order valence-electron chi connectivity index (χ3n) is 4.97. The van der Waals surface area contributed by atoms with Gasteiger partial charge in [-0.1, -0.05) is 18.0 Å². The van der Waals surface area contributed by atoms with E-state index in [0.717, 1.165) is 11.8 Å². The Kier molecular flexibility index (Phi) is 3.59. The van der Waals surface area contributed by atoms with Gasteiger partial charge in [-0.05, 0) is 56.1 Å². The maximum Gasteiger partial charge on any atom is 0.292 e. The summed E-state index contributed by atoms with van der Waals surface area (Å²) in [6.07, 6.45) is 5.28. The maximum absolute atomic E-state index is 11.1. The minimum atomic E-state index is -0.355.